The minimum Gasteiger partial charge on any atom is -0.345 e. The lowest BCUT2D eigenvalue weighted by Gasteiger charge is -2.20. The summed E-state index contributed by atoms with van der Waals surface area (Å²) in [4.78, 5) is 16.9. The maximum atomic E-state index is 12.6. The smallest absolute Gasteiger partial charge is 0.240 e. The van der Waals surface area contributed by atoms with Gasteiger partial charge in [0.05, 0.1) is 6.04 Å². The highest BCUT2D eigenvalue weighted by Crippen LogP contribution is 2.19. The van der Waals surface area contributed by atoms with Crippen LogP contribution in [-0.4, -0.2) is 25.2 Å². The minimum atomic E-state index is -0.133. The Morgan fingerprint density at radius 1 is 1.25 bits per heavy atom. The number of nitrogens with one attached hydrogen (secondary N) is 1. The number of hydrogen-bond acceptors (Lipinski definition) is 3. The summed E-state index contributed by atoms with van der Waals surface area (Å²) in [5, 5.41) is 8.37. The summed E-state index contributed by atoms with van der Waals surface area (Å²) in [7, 11) is 1.85. The summed E-state index contributed by atoms with van der Waals surface area (Å²) in [6.07, 6.45) is 4.29. The number of carbonyl (C=O) groups excluding carboxylic acids is 1. The molecule has 1 atom stereocenters. The van der Waals surface area contributed by atoms with Gasteiger partial charge in [0.2, 0.25) is 5.91 Å². The van der Waals surface area contributed by atoms with E-state index in [-0.39, 0.29) is 11.9 Å². The third kappa shape index (κ3) is 3.48. The molecule has 0 fully saturated rings. The van der Waals surface area contributed by atoms with Crippen LogP contribution in [0.25, 0.3) is 10.9 Å². The molecular weight excluding hydrogens is 302 g/mol. The number of rotatable bonds is 6. The number of hydrogen-bond donors (Lipinski definition) is 1. The number of fused-ring (bicyclic) bond motifs is 1. The van der Waals surface area contributed by atoms with Gasteiger partial charge in [-0.1, -0.05) is 32.0 Å². The molecule has 3 aromatic rings. The average molecular weight is 325 g/mol. The number of aromatic nitrogens is 4. The van der Waals surface area contributed by atoms with Crippen LogP contribution in [0.4, 0.5) is 0 Å². The first-order valence-electron chi connectivity index (χ1n) is 8.21. The number of carbonyl (C=O) groups is 1. The van der Waals surface area contributed by atoms with E-state index in [1.54, 1.807) is 4.68 Å². The van der Waals surface area contributed by atoms with Crippen molar-refractivity contribution in [2.24, 2.45) is 13.0 Å². The van der Waals surface area contributed by atoms with E-state index in [0.717, 1.165) is 23.1 Å². The van der Waals surface area contributed by atoms with Crippen LogP contribution in [0.15, 0.2) is 42.9 Å². The van der Waals surface area contributed by atoms with Gasteiger partial charge in [-0.15, -0.1) is 0 Å². The van der Waals surface area contributed by atoms with E-state index in [4.69, 9.17) is 0 Å². The molecule has 3 rings (SSSR count). The van der Waals surface area contributed by atoms with Crippen LogP contribution < -0.4 is 5.32 Å². The third-order valence-electron chi connectivity index (χ3n) is 4.09. The number of benzene rings is 1. The van der Waals surface area contributed by atoms with Crippen molar-refractivity contribution >= 4 is 16.8 Å². The second-order valence-electron chi connectivity index (χ2n) is 6.49. The molecule has 2 heterocycles. The van der Waals surface area contributed by atoms with Crippen LogP contribution in [0.5, 0.6) is 0 Å². The first kappa shape index (κ1) is 16.2. The quantitative estimate of drug-likeness (QED) is 0.758. The average Bonchev–Trinajstić information content (AvgIpc) is 3.13. The lowest BCUT2D eigenvalue weighted by Crippen LogP contribution is -2.33. The van der Waals surface area contributed by atoms with Crippen molar-refractivity contribution in [3.05, 3.63) is 48.7 Å². The van der Waals surface area contributed by atoms with Crippen molar-refractivity contribution in [1.29, 1.82) is 0 Å². The van der Waals surface area contributed by atoms with Crippen molar-refractivity contribution in [2.45, 2.75) is 32.9 Å². The lowest BCUT2D eigenvalue weighted by molar-refractivity contribution is -0.122. The maximum absolute atomic E-state index is 12.6. The highest BCUT2D eigenvalue weighted by molar-refractivity contribution is 5.83. The standard InChI is InChI=1S/C18H23N5O/c1-13(2)10-15(18-19-12-20-22(18)3)21-17(24)11-23-9-8-14-6-4-5-7-16(14)23/h4-9,12-13,15H,10-11H2,1-3H3,(H,21,24)/t15-/m1/s1. The second kappa shape index (κ2) is 6.86. The summed E-state index contributed by atoms with van der Waals surface area (Å²) in [5.41, 5.74) is 1.06. The minimum absolute atomic E-state index is 0.0231. The highest BCUT2D eigenvalue weighted by Gasteiger charge is 2.20. The molecule has 0 unspecified atom stereocenters. The van der Waals surface area contributed by atoms with E-state index >= 15 is 0 Å². The summed E-state index contributed by atoms with van der Waals surface area (Å²) in [6.45, 7) is 4.56. The molecule has 0 aliphatic heterocycles. The third-order valence-corrected chi connectivity index (χ3v) is 4.09. The van der Waals surface area contributed by atoms with Gasteiger partial charge in [-0.05, 0) is 29.9 Å². The van der Waals surface area contributed by atoms with Gasteiger partial charge < -0.3 is 9.88 Å². The van der Waals surface area contributed by atoms with E-state index in [1.165, 1.54) is 6.33 Å². The summed E-state index contributed by atoms with van der Waals surface area (Å²) in [5.74, 6) is 1.21. The summed E-state index contributed by atoms with van der Waals surface area (Å²) >= 11 is 0. The Morgan fingerprint density at radius 3 is 2.75 bits per heavy atom. The Kier molecular flexibility index (Phi) is 4.64. The van der Waals surface area contributed by atoms with Gasteiger partial charge in [0, 0.05) is 18.8 Å². The van der Waals surface area contributed by atoms with E-state index < -0.39 is 0 Å². The first-order chi connectivity index (χ1) is 11.5. The van der Waals surface area contributed by atoms with Crippen molar-refractivity contribution in [3.8, 4) is 0 Å². The second-order valence-corrected chi connectivity index (χ2v) is 6.49. The zero-order chi connectivity index (χ0) is 17.1. The van der Waals surface area contributed by atoms with Gasteiger partial charge in [0.25, 0.3) is 0 Å². The Balaban J connectivity index is 1.75. The Bertz CT molecular complexity index is 833. The first-order valence-corrected chi connectivity index (χ1v) is 8.21. The van der Waals surface area contributed by atoms with Gasteiger partial charge in [-0.3, -0.25) is 9.48 Å². The molecule has 0 saturated heterocycles. The van der Waals surface area contributed by atoms with Crippen LogP contribution >= 0.6 is 0 Å². The van der Waals surface area contributed by atoms with Gasteiger partial charge in [0.1, 0.15) is 18.7 Å². The monoisotopic (exact) mass is 325 g/mol. The molecule has 0 spiro atoms. The number of amides is 1. The van der Waals surface area contributed by atoms with Crippen LogP contribution in [0.3, 0.4) is 0 Å². The van der Waals surface area contributed by atoms with Crippen LogP contribution in [-0.2, 0) is 18.4 Å². The van der Waals surface area contributed by atoms with Crippen molar-refractivity contribution in [1.82, 2.24) is 24.6 Å². The summed E-state index contributed by atoms with van der Waals surface area (Å²) < 4.78 is 3.69. The zero-order valence-corrected chi connectivity index (χ0v) is 14.3. The molecule has 0 radical (unpaired) electrons. The Labute approximate surface area is 141 Å². The molecule has 6 nitrogen and oxygen atoms in total. The molecule has 0 aliphatic carbocycles. The van der Waals surface area contributed by atoms with Gasteiger partial charge in [-0.2, -0.15) is 5.10 Å². The number of nitrogens with zero attached hydrogens (tertiary/aromatic N) is 4. The number of aryl methyl sites for hydroxylation is 1. The molecule has 1 amide bonds. The van der Waals surface area contributed by atoms with Gasteiger partial charge >= 0.3 is 0 Å². The molecule has 0 aliphatic rings. The maximum Gasteiger partial charge on any atom is 0.240 e. The molecule has 6 heteroatoms. The fraction of sp³-hybridized carbons (Fsp3) is 0.389. The van der Waals surface area contributed by atoms with E-state index in [0.29, 0.717) is 12.5 Å². The fourth-order valence-corrected chi connectivity index (χ4v) is 2.99. The SMILES string of the molecule is CC(C)C[C@@H](NC(=O)Cn1ccc2ccccc21)c1ncnn1C. The highest BCUT2D eigenvalue weighted by atomic mass is 16.2. The van der Waals surface area contributed by atoms with E-state index in [9.17, 15) is 4.79 Å². The fourth-order valence-electron chi connectivity index (χ4n) is 2.99. The predicted octanol–water partition coefficient (Wildman–Crippen LogP) is 2.67. The summed E-state index contributed by atoms with van der Waals surface area (Å²) in [6, 6.07) is 9.95. The van der Waals surface area contributed by atoms with Crippen LogP contribution in [0.2, 0.25) is 0 Å². The molecule has 1 aromatic carbocycles. The van der Waals surface area contributed by atoms with Crippen LogP contribution in [0.1, 0.15) is 32.1 Å². The predicted molar refractivity (Wildman–Crippen MR) is 93.3 cm³/mol. The van der Waals surface area contributed by atoms with Crippen LogP contribution in [0, 0.1) is 5.92 Å². The Morgan fingerprint density at radius 2 is 2.04 bits per heavy atom. The molecule has 0 bridgehead atoms. The topological polar surface area (TPSA) is 64.7 Å². The number of para-hydroxylation sites is 1. The molecule has 126 valence electrons. The van der Waals surface area contributed by atoms with Gasteiger partial charge in [-0.25, -0.2) is 4.98 Å². The molecule has 0 saturated carbocycles. The van der Waals surface area contributed by atoms with Gasteiger partial charge in [0.15, 0.2) is 0 Å². The van der Waals surface area contributed by atoms with E-state index in [2.05, 4.69) is 29.2 Å². The van der Waals surface area contributed by atoms with Crippen molar-refractivity contribution in [3.63, 3.8) is 0 Å². The molecular formula is C18H23N5O. The normalized spacial score (nSPS) is 12.7. The van der Waals surface area contributed by atoms with E-state index in [1.807, 2.05) is 48.1 Å². The Hall–Kier alpha value is -2.63. The van der Waals surface area contributed by atoms with Crippen molar-refractivity contribution < 1.29 is 4.79 Å². The lowest BCUT2D eigenvalue weighted by atomic mass is 10.0. The van der Waals surface area contributed by atoms with Crippen molar-refractivity contribution in [2.75, 3.05) is 0 Å². The zero-order valence-electron chi connectivity index (χ0n) is 14.3. The molecule has 24 heavy (non-hydrogen) atoms. The molecule has 1 N–H and O–H groups in total. The molecule has 2 aromatic heterocycles. The largest absolute Gasteiger partial charge is 0.345 e.